The van der Waals surface area contributed by atoms with E-state index in [-0.39, 0.29) is 12.1 Å². The average Bonchev–Trinajstić information content (AvgIpc) is 3.38. The van der Waals surface area contributed by atoms with Gasteiger partial charge >= 0.3 is 5.97 Å². The number of imidazole rings is 1. The SMILES string of the molecule is Cc1ccc2nc(/C(C#N)=C\c3ccc(-c4ccc(C(=O)OC(C)C)cc4)o3)[nH]c2c1. The number of rotatable bonds is 5. The second-order valence-corrected chi connectivity index (χ2v) is 7.51. The molecule has 0 saturated heterocycles. The molecule has 0 fully saturated rings. The van der Waals surface area contributed by atoms with Gasteiger partial charge in [-0.25, -0.2) is 9.78 Å². The van der Waals surface area contributed by atoms with Crippen LogP contribution in [-0.2, 0) is 4.74 Å². The van der Waals surface area contributed by atoms with Crippen molar-refractivity contribution in [2.24, 2.45) is 0 Å². The van der Waals surface area contributed by atoms with Gasteiger partial charge < -0.3 is 14.1 Å². The number of nitriles is 1. The van der Waals surface area contributed by atoms with Crippen LogP contribution in [-0.4, -0.2) is 22.0 Å². The zero-order valence-electron chi connectivity index (χ0n) is 17.5. The normalized spacial score (nSPS) is 11.6. The highest BCUT2D eigenvalue weighted by Crippen LogP contribution is 2.26. The lowest BCUT2D eigenvalue weighted by atomic mass is 10.1. The van der Waals surface area contributed by atoms with Gasteiger partial charge in [0.2, 0.25) is 0 Å². The Morgan fingerprint density at radius 3 is 2.65 bits per heavy atom. The fraction of sp³-hybridized carbons (Fsp3) is 0.160. The number of furan rings is 1. The van der Waals surface area contributed by atoms with Gasteiger partial charge in [0.15, 0.2) is 0 Å². The summed E-state index contributed by atoms with van der Waals surface area (Å²) in [5.74, 6) is 1.30. The molecule has 0 aliphatic rings. The number of fused-ring (bicyclic) bond motifs is 1. The average molecular weight is 411 g/mol. The number of esters is 1. The minimum Gasteiger partial charge on any atom is -0.459 e. The number of nitrogens with zero attached hydrogens (tertiary/aromatic N) is 2. The van der Waals surface area contributed by atoms with Crippen LogP contribution in [0.3, 0.4) is 0 Å². The first-order valence-corrected chi connectivity index (χ1v) is 9.93. The van der Waals surface area contributed by atoms with Crippen molar-refractivity contribution in [3.63, 3.8) is 0 Å². The quantitative estimate of drug-likeness (QED) is 0.333. The number of aryl methyl sites for hydroxylation is 1. The molecular weight excluding hydrogens is 390 g/mol. The summed E-state index contributed by atoms with van der Waals surface area (Å²) < 4.78 is 11.1. The number of nitrogens with one attached hydrogen (secondary N) is 1. The maximum atomic E-state index is 12.0. The second-order valence-electron chi connectivity index (χ2n) is 7.51. The van der Waals surface area contributed by atoms with Crippen molar-refractivity contribution in [3.05, 3.63) is 77.3 Å². The fourth-order valence-electron chi connectivity index (χ4n) is 3.19. The molecule has 0 unspecified atom stereocenters. The zero-order valence-corrected chi connectivity index (χ0v) is 17.5. The lowest BCUT2D eigenvalue weighted by Crippen LogP contribution is -2.11. The van der Waals surface area contributed by atoms with Crippen LogP contribution in [0.4, 0.5) is 0 Å². The van der Waals surface area contributed by atoms with E-state index in [1.165, 1.54) is 0 Å². The summed E-state index contributed by atoms with van der Waals surface area (Å²) in [6.07, 6.45) is 1.49. The van der Waals surface area contributed by atoms with Gasteiger partial charge in [-0.15, -0.1) is 0 Å². The molecule has 0 bridgehead atoms. The van der Waals surface area contributed by atoms with E-state index in [9.17, 15) is 10.1 Å². The Balaban J connectivity index is 1.58. The summed E-state index contributed by atoms with van der Waals surface area (Å²) in [5, 5.41) is 9.63. The highest BCUT2D eigenvalue weighted by atomic mass is 16.5. The largest absolute Gasteiger partial charge is 0.459 e. The van der Waals surface area contributed by atoms with Gasteiger partial charge in [0.05, 0.1) is 28.3 Å². The van der Waals surface area contributed by atoms with E-state index in [1.807, 2.05) is 45.0 Å². The molecule has 6 heteroatoms. The van der Waals surface area contributed by atoms with Crippen LogP contribution in [0.15, 0.2) is 59.0 Å². The molecule has 4 aromatic rings. The summed E-state index contributed by atoms with van der Waals surface area (Å²) in [5.41, 5.74) is 4.48. The molecule has 2 heterocycles. The molecule has 0 spiro atoms. The molecule has 1 N–H and O–H groups in total. The highest BCUT2D eigenvalue weighted by molar-refractivity contribution is 5.91. The van der Waals surface area contributed by atoms with Crippen molar-refractivity contribution in [2.75, 3.05) is 0 Å². The molecular formula is C25H21N3O3. The van der Waals surface area contributed by atoms with Gasteiger partial charge in [-0.1, -0.05) is 18.2 Å². The molecule has 0 amide bonds. The molecule has 2 aromatic heterocycles. The van der Waals surface area contributed by atoms with Crippen LogP contribution >= 0.6 is 0 Å². The van der Waals surface area contributed by atoms with Crippen LogP contribution in [0.25, 0.3) is 34.0 Å². The third-order valence-corrected chi connectivity index (χ3v) is 4.67. The molecule has 31 heavy (non-hydrogen) atoms. The van der Waals surface area contributed by atoms with Crippen LogP contribution in [0, 0.1) is 18.3 Å². The number of carbonyl (C=O) groups is 1. The molecule has 0 radical (unpaired) electrons. The molecule has 154 valence electrons. The highest BCUT2D eigenvalue weighted by Gasteiger charge is 2.12. The first-order chi connectivity index (χ1) is 14.9. The molecule has 0 atom stereocenters. The van der Waals surface area contributed by atoms with Gasteiger partial charge in [0.25, 0.3) is 0 Å². The number of allylic oxidation sites excluding steroid dienone is 1. The smallest absolute Gasteiger partial charge is 0.338 e. The number of ether oxygens (including phenoxy) is 1. The summed E-state index contributed by atoms with van der Waals surface area (Å²) in [6.45, 7) is 5.63. The molecule has 0 aliphatic carbocycles. The van der Waals surface area contributed by atoms with Crippen molar-refractivity contribution >= 4 is 28.7 Å². The number of benzene rings is 2. The van der Waals surface area contributed by atoms with Crippen molar-refractivity contribution in [3.8, 4) is 17.4 Å². The van der Waals surface area contributed by atoms with Crippen LogP contribution in [0.1, 0.15) is 41.4 Å². The van der Waals surface area contributed by atoms with Crippen molar-refractivity contribution < 1.29 is 13.9 Å². The first kappa shape index (κ1) is 20.2. The molecule has 2 aromatic carbocycles. The predicted octanol–water partition coefficient (Wildman–Crippen LogP) is 5.76. The summed E-state index contributed by atoms with van der Waals surface area (Å²) >= 11 is 0. The molecule has 6 nitrogen and oxygen atoms in total. The van der Waals surface area contributed by atoms with Gasteiger partial charge in [-0.2, -0.15) is 5.26 Å². The fourth-order valence-corrected chi connectivity index (χ4v) is 3.19. The van der Waals surface area contributed by atoms with Gasteiger partial charge in [0.1, 0.15) is 23.4 Å². The lowest BCUT2D eigenvalue weighted by molar-refractivity contribution is 0.0378. The summed E-state index contributed by atoms with van der Waals surface area (Å²) in [4.78, 5) is 19.7. The third-order valence-electron chi connectivity index (χ3n) is 4.67. The Morgan fingerprint density at radius 2 is 1.94 bits per heavy atom. The van der Waals surface area contributed by atoms with E-state index in [2.05, 4.69) is 16.0 Å². The number of carbonyl (C=O) groups excluding carboxylic acids is 1. The second kappa shape index (κ2) is 8.33. The van der Waals surface area contributed by atoms with E-state index in [0.29, 0.717) is 28.5 Å². The maximum Gasteiger partial charge on any atom is 0.338 e. The summed E-state index contributed by atoms with van der Waals surface area (Å²) in [7, 11) is 0. The van der Waals surface area contributed by atoms with Crippen molar-refractivity contribution in [1.82, 2.24) is 9.97 Å². The van der Waals surface area contributed by atoms with E-state index in [0.717, 1.165) is 22.2 Å². The Labute approximate surface area is 179 Å². The van der Waals surface area contributed by atoms with E-state index in [1.54, 1.807) is 36.4 Å². The molecule has 0 saturated carbocycles. The Bertz CT molecular complexity index is 1320. The lowest BCUT2D eigenvalue weighted by Gasteiger charge is -2.07. The zero-order chi connectivity index (χ0) is 22.0. The van der Waals surface area contributed by atoms with Gasteiger partial charge in [0, 0.05) is 11.6 Å². The monoisotopic (exact) mass is 411 g/mol. The van der Waals surface area contributed by atoms with Crippen LogP contribution in [0.2, 0.25) is 0 Å². The van der Waals surface area contributed by atoms with E-state index < -0.39 is 0 Å². The number of aromatic amines is 1. The minimum absolute atomic E-state index is 0.170. The Hall–Kier alpha value is -4.11. The van der Waals surface area contributed by atoms with Gasteiger partial charge in [-0.05, 0) is 62.7 Å². The van der Waals surface area contributed by atoms with Crippen LogP contribution in [0.5, 0.6) is 0 Å². The topological polar surface area (TPSA) is 91.9 Å². The number of aromatic nitrogens is 2. The standard InChI is InChI=1S/C25H21N3O3/c1-15(2)30-25(29)18-7-5-17(6-8-18)23-11-9-20(31-23)13-19(14-26)24-27-21-10-4-16(3)12-22(21)28-24/h4-13,15H,1-3H3,(H,27,28)/b19-13-. The number of hydrogen-bond acceptors (Lipinski definition) is 5. The first-order valence-electron chi connectivity index (χ1n) is 9.93. The van der Waals surface area contributed by atoms with Crippen molar-refractivity contribution in [2.45, 2.75) is 26.9 Å². The predicted molar refractivity (Wildman–Crippen MR) is 119 cm³/mol. The van der Waals surface area contributed by atoms with E-state index >= 15 is 0 Å². The third kappa shape index (κ3) is 4.41. The van der Waals surface area contributed by atoms with Crippen LogP contribution < -0.4 is 0 Å². The molecule has 0 aliphatic heterocycles. The Kier molecular flexibility index (Phi) is 5.42. The van der Waals surface area contributed by atoms with Crippen molar-refractivity contribution in [1.29, 1.82) is 5.26 Å². The summed E-state index contributed by atoms with van der Waals surface area (Å²) in [6, 6.07) is 18.7. The van der Waals surface area contributed by atoms with E-state index in [4.69, 9.17) is 9.15 Å². The number of hydrogen-bond donors (Lipinski definition) is 1. The van der Waals surface area contributed by atoms with Gasteiger partial charge in [-0.3, -0.25) is 0 Å². The molecule has 4 rings (SSSR count). The minimum atomic E-state index is -0.357. The maximum absolute atomic E-state index is 12.0. The Morgan fingerprint density at radius 1 is 1.16 bits per heavy atom. The number of H-pyrrole nitrogens is 1.